The first-order valence-electron chi connectivity index (χ1n) is 3.52. The second-order valence-corrected chi connectivity index (χ2v) is 3.62. The van der Waals surface area contributed by atoms with Crippen molar-refractivity contribution in [1.29, 1.82) is 0 Å². The van der Waals surface area contributed by atoms with Gasteiger partial charge in [-0.05, 0) is 0 Å². The standard InChI is InChI=1S/C6H10BrN3/c7-5-3-9-6-4-8-1-2-10(5)6/h5,8H,1-4H2. The van der Waals surface area contributed by atoms with Crippen LogP contribution in [0.15, 0.2) is 4.99 Å². The average Bonchev–Trinajstić information content (AvgIpc) is 2.34. The summed E-state index contributed by atoms with van der Waals surface area (Å²) in [6.45, 7) is 4.04. The molecule has 0 spiro atoms. The number of nitrogens with zero attached hydrogens (tertiary/aromatic N) is 2. The highest BCUT2D eigenvalue weighted by atomic mass is 79.9. The second-order valence-electron chi connectivity index (χ2n) is 2.56. The van der Waals surface area contributed by atoms with Crippen molar-refractivity contribution in [3.63, 3.8) is 0 Å². The van der Waals surface area contributed by atoms with Gasteiger partial charge in [0.1, 0.15) is 10.8 Å². The van der Waals surface area contributed by atoms with E-state index in [4.69, 9.17) is 0 Å². The quantitative estimate of drug-likeness (QED) is 0.445. The van der Waals surface area contributed by atoms with E-state index in [2.05, 4.69) is 31.1 Å². The van der Waals surface area contributed by atoms with Gasteiger partial charge in [-0.25, -0.2) is 0 Å². The molecule has 0 aromatic rings. The Balaban J connectivity index is 2.11. The van der Waals surface area contributed by atoms with Gasteiger partial charge in [-0.15, -0.1) is 0 Å². The topological polar surface area (TPSA) is 27.6 Å². The monoisotopic (exact) mass is 203 g/mol. The number of alkyl halides is 1. The van der Waals surface area contributed by atoms with Crippen LogP contribution in [0.2, 0.25) is 0 Å². The zero-order valence-corrected chi connectivity index (χ0v) is 7.26. The first-order chi connectivity index (χ1) is 4.88. The molecule has 2 aliphatic rings. The van der Waals surface area contributed by atoms with Crippen LogP contribution in [0, 0.1) is 0 Å². The number of hydrogen-bond donors (Lipinski definition) is 1. The third-order valence-electron chi connectivity index (χ3n) is 1.91. The van der Waals surface area contributed by atoms with Gasteiger partial charge in [0.05, 0.1) is 13.1 Å². The molecule has 56 valence electrons. The van der Waals surface area contributed by atoms with Crippen LogP contribution in [0.1, 0.15) is 0 Å². The summed E-state index contributed by atoms with van der Waals surface area (Å²) in [7, 11) is 0. The molecule has 2 aliphatic heterocycles. The number of nitrogens with one attached hydrogen (secondary N) is 1. The molecule has 1 N–H and O–H groups in total. The highest BCUT2D eigenvalue weighted by molar-refractivity contribution is 9.09. The summed E-state index contributed by atoms with van der Waals surface area (Å²) >= 11 is 3.56. The largest absolute Gasteiger partial charge is 0.343 e. The number of aliphatic imine (C=N–C) groups is 1. The fourth-order valence-electron chi connectivity index (χ4n) is 1.36. The van der Waals surface area contributed by atoms with Gasteiger partial charge in [0.2, 0.25) is 0 Å². The number of hydrogen-bond acceptors (Lipinski definition) is 3. The molecule has 0 aliphatic carbocycles. The average molecular weight is 204 g/mol. The third kappa shape index (κ3) is 0.953. The van der Waals surface area contributed by atoms with Crippen LogP contribution in [0.5, 0.6) is 0 Å². The van der Waals surface area contributed by atoms with Crippen molar-refractivity contribution < 1.29 is 0 Å². The Bertz CT molecular complexity index is 168. The minimum Gasteiger partial charge on any atom is -0.343 e. The number of rotatable bonds is 0. The van der Waals surface area contributed by atoms with E-state index in [1.165, 1.54) is 5.84 Å². The van der Waals surface area contributed by atoms with Crippen LogP contribution in [-0.4, -0.2) is 41.9 Å². The van der Waals surface area contributed by atoms with Crippen molar-refractivity contribution in [2.24, 2.45) is 4.99 Å². The van der Waals surface area contributed by atoms with Crippen molar-refractivity contribution in [3.05, 3.63) is 0 Å². The molecule has 1 saturated heterocycles. The van der Waals surface area contributed by atoms with Crippen molar-refractivity contribution in [2.45, 2.75) is 4.95 Å². The molecule has 1 atom stereocenters. The second kappa shape index (κ2) is 2.51. The molecule has 1 unspecified atom stereocenters. The van der Waals surface area contributed by atoms with Crippen LogP contribution in [0.3, 0.4) is 0 Å². The predicted octanol–water partition coefficient (Wildman–Crippen LogP) is 0.0247. The zero-order valence-electron chi connectivity index (χ0n) is 5.68. The molecule has 0 radical (unpaired) electrons. The fraction of sp³-hybridized carbons (Fsp3) is 0.833. The first kappa shape index (κ1) is 6.61. The van der Waals surface area contributed by atoms with E-state index in [1.807, 2.05) is 0 Å². The number of piperazine rings is 1. The Hall–Kier alpha value is -0.0900. The number of fused-ring (bicyclic) bond motifs is 1. The summed E-state index contributed by atoms with van der Waals surface area (Å²) in [6.07, 6.45) is 0. The van der Waals surface area contributed by atoms with Gasteiger partial charge in [0.15, 0.2) is 0 Å². The van der Waals surface area contributed by atoms with Gasteiger partial charge >= 0.3 is 0 Å². The van der Waals surface area contributed by atoms with E-state index in [9.17, 15) is 0 Å². The maximum Gasteiger partial charge on any atom is 0.114 e. The van der Waals surface area contributed by atoms with Crippen LogP contribution in [0.25, 0.3) is 0 Å². The van der Waals surface area contributed by atoms with Crippen LogP contribution in [-0.2, 0) is 0 Å². The SMILES string of the molecule is BrC1CN=C2CNCCN21. The molecular formula is C6H10BrN3. The van der Waals surface area contributed by atoms with Crippen LogP contribution < -0.4 is 5.32 Å². The Morgan fingerprint density at radius 1 is 1.70 bits per heavy atom. The maximum atomic E-state index is 4.37. The van der Waals surface area contributed by atoms with Gasteiger partial charge in [-0.2, -0.15) is 0 Å². The summed E-state index contributed by atoms with van der Waals surface area (Å²) in [5.41, 5.74) is 0. The summed E-state index contributed by atoms with van der Waals surface area (Å²) in [6, 6.07) is 0. The third-order valence-corrected chi connectivity index (χ3v) is 2.69. The van der Waals surface area contributed by atoms with E-state index >= 15 is 0 Å². The number of amidine groups is 1. The summed E-state index contributed by atoms with van der Waals surface area (Å²) in [5.74, 6) is 1.22. The zero-order chi connectivity index (χ0) is 6.97. The molecule has 0 bridgehead atoms. The van der Waals surface area contributed by atoms with Crippen molar-refractivity contribution >= 4 is 21.8 Å². The van der Waals surface area contributed by atoms with Gasteiger partial charge in [0.25, 0.3) is 0 Å². The summed E-state index contributed by atoms with van der Waals surface area (Å²) in [4.78, 5) is 7.15. The molecule has 0 aromatic carbocycles. The Morgan fingerprint density at radius 2 is 2.60 bits per heavy atom. The van der Waals surface area contributed by atoms with Crippen molar-refractivity contribution in [1.82, 2.24) is 10.2 Å². The van der Waals surface area contributed by atoms with Gasteiger partial charge in [0, 0.05) is 13.1 Å². The molecule has 3 nitrogen and oxygen atoms in total. The fourth-order valence-corrected chi connectivity index (χ4v) is 1.94. The highest BCUT2D eigenvalue weighted by Crippen LogP contribution is 2.16. The Kier molecular flexibility index (Phi) is 1.66. The van der Waals surface area contributed by atoms with Crippen LogP contribution in [0.4, 0.5) is 0 Å². The lowest BCUT2D eigenvalue weighted by molar-refractivity contribution is 0.396. The lowest BCUT2D eigenvalue weighted by Gasteiger charge is -2.28. The summed E-state index contributed by atoms with van der Waals surface area (Å²) in [5, 5.41) is 3.28. The molecule has 0 aromatic heterocycles. The smallest absolute Gasteiger partial charge is 0.114 e. The molecule has 0 saturated carbocycles. The Labute approximate surface area is 68.6 Å². The van der Waals surface area contributed by atoms with Crippen molar-refractivity contribution in [2.75, 3.05) is 26.2 Å². The minimum atomic E-state index is 0.463. The first-order valence-corrected chi connectivity index (χ1v) is 4.44. The molecule has 4 heteroatoms. The van der Waals surface area contributed by atoms with E-state index in [0.29, 0.717) is 4.95 Å². The van der Waals surface area contributed by atoms with Gasteiger partial charge in [-0.1, -0.05) is 15.9 Å². The van der Waals surface area contributed by atoms with Gasteiger partial charge in [-0.3, -0.25) is 4.99 Å². The molecule has 1 fully saturated rings. The van der Waals surface area contributed by atoms with E-state index in [-0.39, 0.29) is 0 Å². The van der Waals surface area contributed by atoms with E-state index in [0.717, 1.165) is 26.2 Å². The molecule has 0 amide bonds. The normalized spacial score (nSPS) is 31.9. The lowest BCUT2D eigenvalue weighted by atomic mass is 10.4. The Morgan fingerprint density at radius 3 is 3.40 bits per heavy atom. The van der Waals surface area contributed by atoms with E-state index < -0.39 is 0 Å². The minimum absolute atomic E-state index is 0.463. The van der Waals surface area contributed by atoms with E-state index in [1.54, 1.807) is 0 Å². The lowest BCUT2D eigenvalue weighted by Crippen LogP contribution is -2.48. The highest BCUT2D eigenvalue weighted by Gasteiger charge is 2.26. The van der Waals surface area contributed by atoms with Crippen molar-refractivity contribution in [3.8, 4) is 0 Å². The van der Waals surface area contributed by atoms with Crippen LogP contribution >= 0.6 is 15.9 Å². The molecular weight excluding hydrogens is 194 g/mol. The molecule has 10 heavy (non-hydrogen) atoms. The number of halogens is 1. The summed E-state index contributed by atoms with van der Waals surface area (Å²) < 4.78 is 0. The predicted molar refractivity (Wildman–Crippen MR) is 44.6 cm³/mol. The maximum absolute atomic E-state index is 4.37. The van der Waals surface area contributed by atoms with Gasteiger partial charge < -0.3 is 10.2 Å². The molecule has 2 rings (SSSR count). The molecule has 2 heterocycles.